The molecule has 0 bridgehead atoms. The van der Waals surface area contributed by atoms with Crippen LogP contribution in [0.3, 0.4) is 0 Å². The van der Waals surface area contributed by atoms with Crippen LogP contribution >= 0.6 is 0 Å². The number of unbranched alkanes of at least 4 members (excludes halogenated alkanes) is 1. The summed E-state index contributed by atoms with van der Waals surface area (Å²) >= 11 is 0. The lowest BCUT2D eigenvalue weighted by Gasteiger charge is -2.43. The van der Waals surface area contributed by atoms with Crippen LogP contribution in [-0.4, -0.2) is 53.3 Å². The average molecular weight is 442 g/mol. The summed E-state index contributed by atoms with van der Waals surface area (Å²) in [6, 6.07) is 9.45. The molecule has 1 fully saturated rings. The van der Waals surface area contributed by atoms with Crippen molar-refractivity contribution in [2.75, 3.05) is 25.5 Å². The number of nitrogens with zero attached hydrogens (tertiary/aromatic N) is 2. The lowest BCUT2D eigenvalue weighted by molar-refractivity contribution is -0.146. The Hall–Kier alpha value is -2.51. The molecule has 2 aliphatic rings. The number of hydrogen-bond donors (Lipinski definition) is 2. The Labute approximate surface area is 188 Å². The van der Waals surface area contributed by atoms with Crippen molar-refractivity contribution in [2.45, 2.75) is 63.1 Å². The molecule has 0 radical (unpaired) electrons. The molecule has 7 heteroatoms. The number of anilines is 1. The first-order chi connectivity index (χ1) is 15.5. The molecular formula is C25H32FN3O3. The van der Waals surface area contributed by atoms with Crippen LogP contribution in [0.4, 0.5) is 10.2 Å². The van der Waals surface area contributed by atoms with Gasteiger partial charge in [0.25, 0.3) is 0 Å². The number of pyridine rings is 1. The van der Waals surface area contributed by atoms with Crippen molar-refractivity contribution in [2.24, 2.45) is 0 Å². The lowest BCUT2D eigenvalue weighted by Crippen LogP contribution is -2.49. The normalized spacial score (nSPS) is 20.8. The molecule has 0 amide bonds. The summed E-state index contributed by atoms with van der Waals surface area (Å²) < 4.78 is 19.5. The molecular weight excluding hydrogens is 409 g/mol. The van der Waals surface area contributed by atoms with Crippen LogP contribution in [0, 0.1) is 5.82 Å². The molecule has 1 unspecified atom stereocenters. The van der Waals surface area contributed by atoms with Gasteiger partial charge in [0.05, 0.1) is 6.10 Å². The molecule has 1 aliphatic heterocycles. The maximum Gasteiger partial charge on any atom is 0.325 e. The third-order valence-electron chi connectivity index (χ3n) is 6.58. The van der Waals surface area contributed by atoms with Crippen LogP contribution in [0.25, 0.3) is 0 Å². The number of hydrogen-bond acceptors (Lipinski definition) is 5. The van der Waals surface area contributed by atoms with Gasteiger partial charge in [-0.05, 0) is 81.3 Å². The number of carbonyl (C=O) groups is 1. The maximum atomic E-state index is 13.6. The van der Waals surface area contributed by atoms with Gasteiger partial charge in [-0.2, -0.15) is 0 Å². The van der Waals surface area contributed by atoms with Gasteiger partial charge in [-0.15, -0.1) is 0 Å². The Morgan fingerprint density at radius 1 is 1.31 bits per heavy atom. The minimum absolute atomic E-state index is 0.122. The van der Waals surface area contributed by atoms with Crippen LogP contribution in [0.2, 0.25) is 0 Å². The summed E-state index contributed by atoms with van der Waals surface area (Å²) in [5.41, 5.74) is 2.91. The number of carboxylic acids is 1. The van der Waals surface area contributed by atoms with Crippen LogP contribution in [0.15, 0.2) is 36.4 Å². The molecule has 1 saturated carbocycles. The standard InChI is InChI=1S/C25H32FN3O3/c1-29(23(25(30)31)18-6-4-8-19(26)14-18)21-15-22(16-21)32-13-3-2-9-20-11-10-17-7-5-12-27-24(17)28-20/h4,6,8,10-11,14,21-23H,2-3,5,7,9,12-13,15-16H2,1H3,(H,27,28)(H,30,31). The van der Waals surface area contributed by atoms with Gasteiger partial charge in [0, 0.05) is 24.9 Å². The van der Waals surface area contributed by atoms with E-state index in [1.807, 2.05) is 4.90 Å². The van der Waals surface area contributed by atoms with Gasteiger partial charge in [-0.3, -0.25) is 9.69 Å². The van der Waals surface area contributed by atoms with Crippen molar-refractivity contribution in [3.8, 4) is 0 Å². The first kappa shape index (κ1) is 22.7. The number of aromatic nitrogens is 1. The summed E-state index contributed by atoms with van der Waals surface area (Å²) in [6.07, 6.45) is 6.99. The van der Waals surface area contributed by atoms with Gasteiger partial charge in [-0.1, -0.05) is 18.2 Å². The molecule has 1 atom stereocenters. The number of rotatable bonds is 10. The molecule has 6 nitrogen and oxygen atoms in total. The van der Waals surface area contributed by atoms with Crippen molar-refractivity contribution in [1.29, 1.82) is 0 Å². The number of aryl methyl sites for hydroxylation is 2. The molecule has 1 aromatic carbocycles. The first-order valence-corrected chi connectivity index (χ1v) is 11.6. The second-order valence-corrected chi connectivity index (χ2v) is 8.88. The summed E-state index contributed by atoms with van der Waals surface area (Å²) in [5, 5.41) is 13.1. The van der Waals surface area contributed by atoms with E-state index in [4.69, 9.17) is 9.72 Å². The van der Waals surface area contributed by atoms with Gasteiger partial charge in [-0.25, -0.2) is 9.37 Å². The summed E-state index contributed by atoms with van der Waals surface area (Å²) in [6.45, 7) is 1.71. The molecule has 32 heavy (non-hydrogen) atoms. The highest BCUT2D eigenvalue weighted by Crippen LogP contribution is 2.33. The molecule has 2 aromatic rings. The number of fused-ring (bicyclic) bond motifs is 1. The van der Waals surface area contributed by atoms with E-state index in [2.05, 4.69) is 17.4 Å². The predicted molar refractivity (Wildman–Crippen MR) is 121 cm³/mol. The zero-order chi connectivity index (χ0) is 22.5. The Morgan fingerprint density at radius 2 is 2.16 bits per heavy atom. The fourth-order valence-corrected chi connectivity index (χ4v) is 4.61. The number of ether oxygens (including phenoxy) is 1. The van der Waals surface area contributed by atoms with Gasteiger partial charge in [0.1, 0.15) is 17.7 Å². The van der Waals surface area contributed by atoms with E-state index in [0.717, 1.165) is 56.6 Å². The van der Waals surface area contributed by atoms with Gasteiger partial charge < -0.3 is 15.2 Å². The molecule has 172 valence electrons. The van der Waals surface area contributed by atoms with E-state index in [-0.39, 0.29) is 12.1 Å². The zero-order valence-corrected chi connectivity index (χ0v) is 18.6. The molecule has 1 aliphatic carbocycles. The molecule has 0 spiro atoms. The smallest absolute Gasteiger partial charge is 0.325 e. The second-order valence-electron chi connectivity index (χ2n) is 8.88. The SMILES string of the molecule is CN(C1CC(OCCCCc2ccc3c(n2)NCCC3)C1)C(C(=O)O)c1cccc(F)c1. The fraction of sp³-hybridized carbons (Fsp3) is 0.520. The monoisotopic (exact) mass is 441 g/mol. The molecule has 2 N–H and O–H groups in total. The number of halogens is 1. The van der Waals surface area contributed by atoms with E-state index in [1.165, 1.54) is 24.1 Å². The number of likely N-dealkylation sites (N-methyl/N-ethyl adjacent to an activating group) is 1. The summed E-state index contributed by atoms with van der Waals surface area (Å²) in [7, 11) is 1.80. The number of carboxylic acid groups (broad SMARTS) is 1. The Balaban J connectivity index is 1.16. The van der Waals surface area contributed by atoms with E-state index >= 15 is 0 Å². The van der Waals surface area contributed by atoms with Crippen molar-refractivity contribution in [3.05, 3.63) is 59.0 Å². The Kier molecular flexibility index (Phi) is 7.37. The van der Waals surface area contributed by atoms with Crippen LogP contribution in [0.1, 0.15) is 55.0 Å². The number of aliphatic carboxylic acids is 1. The first-order valence-electron chi connectivity index (χ1n) is 11.6. The Morgan fingerprint density at radius 3 is 2.94 bits per heavy atom. The molecule has 2 heterocycles. The number of benzene rings is 1. The van der Waals surface area contributed by atoms with E-state index < -0.39 is 17.8 Å². The lowest BCUT2D eigenvalue weighted by atomic mass is 9.86. The van der Waals surface area contributed by atoms with Gasteiger partial charge in [0.2, 0.25) is 0 Å². The minimum atomic E-state index is -0.964. The summed E-state index contributed by atoms with van der Waals surface area (Å²) in [4.78, 5) is 18.4. The van der Waals surface area contributed by atoms with E-state index in [9.17, 15) is 14.3 Å². The molecule has 1 aromatic heterocycles. The average Bonchev–Trinajstić information content (AvgIpc) is 2.74. The highest BCUT2D eigenvalue weighted by Gasteiger charge is 2.38. The highest BCUT2D eigenvalue weighted by atomic mass is 19.1. The van der Waals surface area contributed by atoms with Crippen molar-refractivity contribution < 1.29 is 19.0 Å². The zero-order valence-electron chi connectivity index (χ0n) is 18.6. The number of nitrogens with one attached hydrogen (secondary N) is 1. The third kappa shape index (κ3) is 5.45. The Bertz CT molecular complexity index is 932. The van der Waals surface area contributed by atoms with Crippen molar-refractivity contribution in [1.82, 2.24) is 9.88 Å². The largest absolute Gasteiger partial charge is 0.480 e. The second kappa shape index (κ2) is 10.4. The maximum absolute atomic E-state index is 13.6. The highest BCUT2D eigenvalue weighted by molar-refractivity contribution is 5.75. The topological polar surface area (TPSA) is 74.7 Å². The van der Waals surface area contributed by atoms with Gasteiger partial charge >= 0.3 is 5.97 Å². The van der Waals surface area contributed by atoms with Crippen molar-refractivity contribution in [3.63, 3.8) is 0 Å². The predicted octanol–water partition coefficient (Wildman–Crippen LogP) is 4.21. The molecule has 0 saturated heterocycles. The van der Waals surface area contributed by atoms with Crippen LogP contribution in [-0.2, 0) is 22.4 Å². The van der Waals surface area contributed by atoms with Crippen LogP contribution in [0.5, 0.6) is 0 Å². The van der Waals surface area contributed by atoms with Gasteiger partial charge in [0.15, 0.2) is 0 Å². The van der Waals surface area contributed by atoms with E-state index in [1.54, 1.807) is 19.2 Å². The quantitative estimate of drug-likeness (QED) is 0.538. The molecule has 4 rings (SSSR count). The van der Waals surface area contributed by atoms with Crippen LogP contribution < -0.4 is 5.32 Å². The summed E-state index contributed by atoms with van der Waals surface area (Å²) in [5.74, 6) is -0.334. The minimum Gasteiger partial charge on any atom is -0.480 e. The fourth-order valence-electron chi connectivity index (χ4n) is 4.61. The van der Waals surface area contributed by atoms with E-state index in [0.29, 0.717) is 12.2 Å². The van der Waals surface area contributed by atoms with Crippen molar-refractivity contribution >= 4 is 11.8 Å². The third-order valence-corrected chi connectivity index (χ3v) is 6.58.